The van der Waals surface area contributed by atoms with Crippen LogP contribution in [0.15, 0.2) is 51.1 Å². The molecule has 2 aliphatic carbocycles. The van der Waals surface area contributed by atoms with E-state index in [0.717, 1.165) is 68.1 Å². The van der Waals surface area contributed by atoms with Crippen LogP contribution in [0.4, 0.5) is 11.4 Å². The number of halogens is 1. The van der Waals surface area contributed by atoms with Gasteiger partial charge in [0.15, 0.2) is 9.93 Å². The van der Waals surface area contributed by atoms with Crippen LogP contribution in [0.5, 0.6) is 0 Å². The van der Waals surface area contributed by atoms with E-state index in [1.54, 1.807) is 0 Å². The molecule has 2 heterocycles. The van der Waals surface area contributed by atoms with Crippen LogP contribution in [0, 0.1) is 45.6 Å². The maximum Gasteiger partial charge on any atom is 1.00 e. The van der Waals surface area contributed by atoms with Crippen molar-refractivity contribution in [2.75, 3.05) is 0 Å². The number of carbonyl (C=O) groups excluding carboxylic acids is 1. The summed E-state index contributed by atoms with van der Waals surface area (Å²) < 4.78 is 0.318. The van der Waals surface area contributed by atoms with Crippen molar-refractivity contribution in [3.63, 3.8) is 0 Å². The summed E-state index contributed by atoms with van der Waals surface area (Å²) in [7, 11) is 0. The number of aryl methyl sites for hydroxylation is 4. The molecule has 0 unspecified atom stereocenters. The molecule has 0 radical (unpaired) electrons. The van der Waals surface area contributed by atoms with Gasteiger partial charge in [-0.15, -0.1) is 0 Å². The topological polar surface area (TPSA) is 152 Å². The van der Waals surface area contributed by atoms with Crippen LogP contribution in [-0.4, -0.2) is 26.4 Å². The van der Waals surface area contributed by atoms with Gasteiger partial charge in [0.1, 0.15) is 0 Å². The van der Waals surface area contributed by atoms with Gasteiger partial charge in [0.05, 0.1) is 18.8 Å². The first-order chi connectivity index (χ1) is 26.4. The van der Waals surface area contributed by atoms with Gasteiger partial charge in [-0.3, -0.25) is 14.4 Å². The van der Waals surface area contributed by atoms with E-state index in [1.165, 1.54) is 58.0 Å². The summed E-state index contributed by atoms with van der Waals surface area (Å²) in [6.45, 7) is 22.7. The predicted octanol–water partition coefficient (Wildman–Crippen LogP) is 4.06. The SMILES string of the molecule is Cc1ccc(CBr)c(C)c1.O=CO[O-].[C-]#[N+]c1c(C2CCCCC2)[nH]c(=S)[nH]c1=O.[C-]#[N+]c1c(C2CCCCC2)nc(SCc2ccc(C)cc2C)[nH]c1=O.[H-].[K+].[K+]. The average molecular weight is 928 g/mol. The van der Waals surface area contributed by atoms with Gasteiger partial charge < -0.3 is 26.5 Å². The maximum absolute atomic E-state index is 12.3. The van der Waals surface area contributed by atoms with Crippen molar-refractivity contribution in [3.8, 4) is 0 Å². The first kappa shape index (κ1) is 54.0. The first-order valence-corrected chi connectivity index (χ1v) is 20.8. The van der Waals surface area contributed by atoms with Gasteiger partial charge in [-0.1, -0.05) is 114 Å². The monoisotopic (exact) mass is 926 g/mol. The molecule has 57 heavy (non-hydrogen) atoms. The van der Waals surface area contributed by atoms with Crippen LogP contribution < -0.4 is 119 Å². The minimum atomic E-state index is -0.362. The zero-order valence-electron chi connectivity index (χ0n) is 34.8. The molecule has 2 saturated carbocycles. The van der Waals surface area contributed by atoms with Crippen molar-refractivity contribution in [2.24, 2.45) is 0 Å². The van der Waals surface area contributed by atoms with Crippen LogP contribution in [0.3, 0.4) is 0 Å². The standard InChI is InChI=1S/C20H23N3OS.C11H13N3OS.C9H11Br.CH2O3.2K.H/c1-13-9-10-16(14(2)11-13)12-25-20-22-17(15-7-5-4-6-8-15)18(21-3)19(24)23-20;1-12-9-8(7-5-3-2-4-6-7)13-11(16)14-10(9)15;1-7-3-4-9(6-10)8(2)5-7;2-1-4-3;;;/h9-11,15H,4-8,12H2,1-2H3,(H,22,23,24);7H,2-6H2,(H2,13,14,15,16);3-5H,6H2,1-2H3;1,3H;;;/q;;;;2*+1;-1/p-1. The van der Waals surface area contributed by atoms with Crippen LogP contribution in [-0.2, 0) is 20.8 Å². The van der Waals surface area contributed by atoms with E-state index in [-0.39, 0.29) is 139 Å². The molecule has 4 aromatic rings. The summed E-state index contributed by atoms with van der Waals surface area (Å²) >= 11 is 9.92. The van der Waals surface area contributed by atoms with Gasteiger partial charge in [0, 0.05) is 16.8 Å². The summed E-state index contributed by atoms with van der Waals surface area (Å²) in [6, 6.07) is 12.9. The largest absolute Gasteiger partial charge is 1.00 e. The molecule has 0 aliphatic heterocycles. The number of benzene rings is 2. The van der Waals surface area contributed by atoms with E-state index in [1.807, 2.05) is 0 Å². The quantitative estimate of drug-likeness (QED) is 0.0289. The van der Waals surface area contributed by atoms with Crippen molar-refractivity contribution in [1.29, 1.82) is 0 Å². The molecule has 3 N–H and O–H groups in total. The van der Waals surface area contributed by atoms with E-state index >= 15 is 0 Å². The van der Waals surface area contributed by atoms with E-state index in [9.17, 15) is 9.59 Å². The third-order valence-corrected chi connectivity index (χ3v) is 11.3. The van der Waals surface area contributed by atoms with Crippen LogP contribution in [0.25, 0.3) is 9.69 Å². The Kier molecular flexibility index (Phi) is 27.7. The number of thioether (sulfide) groups is 1. The molecular formula is C41H49BrK2N6O5S2. The minimum absolute atomic E-state index is 0. The van der Waals surface area contributed by atoms with E-state index < -0.39 is 0 Å². The number of H-pyrrole nitrogens is 3. The molecule has 0 bridgehead atoms. The van der Waals surface area contributed by atoms with Gasteiger partial charge in [-0.05, 0) is 99.7 Å². The van der Waals surface area contributed by atoms with Crippen molar-refractivity contribution >= 4 is 57.8 Å². The molecular weight excluding hydrogens is 879 g/mol. The Morgan fingerprint density at radius 1 is 0.842 bits per heavy atom. The molecule has 0 atom stereocenters. The number of nitrogens with zero attached hydrogens (tertiary/aromatic N) is 3. The second-order valence-corrected chi connectivity index (χ2v) is 15.6. The Morgan fingerprint density at radius 2 is 1.33 bits per heavy atom. The fourth-order valence-electron chi connectivity index (χ4n) is 6.74. The minimum Gasteiger partial charge on any atom is -1.00 e. The second-order valence-electron chi connectivity index (χ2n) is 13.6. The number of hydrogen-bond acceptors (Lipinski definition) is 8. The Morgan fingerprint density at radius 3 is 1.81 bits per heavy atom. The molecule has 2 fully saturated rings. The summed E-state index contributed by atoms with van der Waals surface area (Å²) in [5, 5.41) is 10.0. The van der Waals surface area contributed by atoms with Crippen molar-refractivity contribution in [2.45, 2.75) is 120 Å². The third kappa shape index (κ3) is 17.8. The Labute approximate surface area is 439 Å². The molecule has 294 valence electrons. The number of rotatable bonds is 7. The molecule has 2 aromatic heterocycles. The fraction of sp³-hybridized carbons (Fsp3) is 0.439. The zero-order chi connectivity index (χ0) is 40.3. The summed E-state index contributed by atoms with van der Waals surface area (Å²) in [5.74, 6) is 1.30. The van der Waals surface area contributed by atoms with E-state index in [4.69, 9.17) is 35.4 Å². The number of carbonyl (C=O) groups is 1. The molecule has 0 saturated heterocycles. The molecule has 0 spiro atoms. The number of aromatic nitrogens is 4. The molecule has 2 aliphatic rings. The second kappa shape index (κ2) is 29.2. The molecule has 16 heteroatoms. The van der Waals surface area contributed by atoms with Gasteiger partial charge in [0.2, 0.25) is 0 Å². The summed E-state index contributed by atoms with van der Waals surface area (Å²) in [4.78, 5) is 54.9. The smallest absolute Gasteiger partial charge is 1.00 e. The first-order valence-electron chi connectivity index (χ1n) is 18.2. The fourth-order valence-corrected chi connectivity index (χ4v) is 8.52. The number of nitrogens with one attached hydrogen (secondary N) is 3. The molecule has 6 rings (SSSR count). The Balaban J connectivity index is 0.000000847. The normalized spacial score (nSPS) is 13.5. The van der Waals surface area contributed by atoms with Gasteiger partial charge in [0.25, 0.3) is 29.0 Å². The van der Waals surface area contributed by atoms with E-state index in [2.05, 4.69) is 115 Å². The number of aromatic amines is 3. The third-order valence-electron chi connectivity index (χ3n) is 9.62. The number of alkyl halides is 1. The zero-order valence-corrected chi connectivity index (χ0v) is 43.2. The van der Waals surface area contributed by atoms with Crippen LogP contribution >= 0.6 is 39.9 Å². The van der Waals surface area contributed by atoms with Crippen molar-refractivity contribution in [3.05, 3.63) is 129 Å². The summed E-state index contributed by atoms with van der Waals surface area (Å²) in [6.07, 6.45) is 11.2. The Bertz CT molecular complexity index is 2160. The summed E-state index contributed by atoms with van der Waals surface area (Å²) in [5.41, 5.74) is 8.98. The van der Waals surface area contributed by atoms with E-state index in [0.29, 0.717) is 21.5 Å². The van der Waals surface area contributed by atoms with Crippen LogP contribution in [0.2, 0.25) is 0 Å². The average Bonchev–Trinajstić information content (AvgIpc) is 3.18. The van der Waals surface area contributed by atoms with Crippen molar-refractivity contribution < 1.29 is 119 Å². The van der Waals surface area contributed by atoms with Crippen molar-refractivity contribution in [1.82, 2.24) is 19.9 Å². The Hall–Kier alpha value is -1.07. The molecule has 2 aromatic carbocycles. The predicted molar refractivity (Wildman–Crippen MR) is 224 cm³/mol. The maximum atomic E-state index is 12.3. The van der Waals surface area contributed by atoms with Gasteiger partial charge >= 0.3 is 103 Å². The van der Waals surface area contributed by atoms with Crippen LogP contribution in [0.1, 0.15) is 122 Å². The number of hydrogen-bond donors (Lipinski definition) is 3. The molecule has 0 amide bonds. The van der Waals surface area contributed by atoms with Gasteiger partial charge in [-0.25, -0.2) is 14.7 Å². The van der Waals surface area contributed by atoms with Gasteiger partial charge in [-0.2, -0.15) is 0 Å². The molecule has 11 nitrogen and oxygen atoms in total.